The third-order valence-electron chi connectivity index (χ3n) is 2.65. The van der Waals surface area contributed by atoms with Crippen molar-refractivity contribution in [3.8, 4) is 11.5 Å². The lowest BCUT2D eigenvalue weighted by molar-refractivity contribution is 0.425. The fraction of sp³-hybridized carbons (Fsp3) is 0.385. The van der Waals surface area contributed by atoms with Gasteiger partial charge in [0.15, 0.2) is 5.82 Å². The van der Waals surface area contributed by atoms with Crippen LogP contribution < -0.4 is 5.73 Å². The molecule has 18 heavy (non-hydrogen) atoms. The molecule has 0 aliphatic carbocycles. The lowest BCUT2D eigenvalue weighted by atomic mass is 10.1. The largest absolute Gasteiger partial charge is 0.398 e. The average molecular weight is 263 g/mol. The number of aromatic nitrogens is 2. The van der Waals surface area contributed by atoms with E-state index >= 15 is 0 Å². The Hall–Kier alpha value is -1.49. The average Bonchev–Trinajstić information content (AvgIpc) is 2.82. The first-order chi connectivity index (χ1) is 8.72. The molecule has 0 saturated carbocycles. The Kier molecular flexibility index (Phi) is 4.25. The molecule has 2 aromatic rings. The Morgan fingerprint density at radius 2 is 2.22 bits per heavy atom. The quantitative estimate of drug-likeness (QED) is 0.662. The summed E-state index contributed by atoms with van der Waals surface area (Å²) in [6.45, 7) is 4.12. The number of nitrogens with zero attached hydrogens (tertiary/aromatic N) is 2. The molecule has 5 heteroatoms. The number of benzene rings is 1. The van der Waals surface area contributed by atoms with Crippen molar-refractivity contribution in [1.82, 2.24) is 10.1 Å². The fourth-order valence-corrected chi connectivity index (χ4v) is 2.35. The Bertz CT molecular complexity index is 525. The van der Waals surface area contributed by atoms with E-state index < -0.39 is 0 Å². The van der Waals surface area contributed by atoms with E-state index in [-0.39, 0.29) is 0 Å². The second-order valence-corrected chi connectivity index (χ2v) is 5.19. The van der Waals surface area contributed by atoms with E-state index in [0.717, 1.165) is 40.6 Å². The SMILES string of the molecule is CCCSCc1noc(-c2cccc(N)c2C)n1. The second-order valence-electron chi connectivity index (χ2n) is 4.09. The molecule has 0 spiro atoms. The van der Waals surface area contributed by atoms with Crippen molar-refractivity contribution in [2.75, 3.05) is 11.5 Å². The third kappa shape index (κ3) is 2.85. The van der Waals surface area contributed by atoms with Crippen molar-refractivity contribution in [2.24, 2.45) is 0 Å². The summed E-state index contributed by atoms with van der Waals surface area (Å²) in [7, 11) is 0. The van der Waals surface area contributed by atoms with Crippen LogP contribution in [-0.4, -0.2) is 15.9 Å². The monoisotopic (exact) mass is 263 g/mol. The zero-order chi connectivity index (χ0) is 13.0. The number of anilines is 1. The minimum Gasteiger partial charge on any atom is -0.398 e. The maximum atomic E-state index is 5.87. The normalized spacial score (nSPS) is 10.8. The van der Waals surface area contributed by atoms with E-state index in [4.69, 9.17) is 10.3 Å². The maximum absolute atomic E-state index is 5.87. The Morgan fingerprint density at radius 1 is 1.39 bits per heavy atom. The summed E-state index contributed by atoms with van der Waals surface area (Å²) in [5.41, 5.74) is 8.50. The van der Waals surface area contributed by atoms with Crippen LogP contribution in [0.15, 0.2) is 22.7 Å². The zero-order valence-electron chi connectivity index (χ0n) is 10.6. The number of nitrogens with two attached hydrogens (primary N) is 1. The summed E-state index contributed by atoms with van der Waals surface area (Å²) < 4.78 is 5.29. The van der Waals surface area contributed by atoms with E-state index in [0.29, 0.717) is 5.89 Å². The van der Waals surface area contributed by atoms with Crippen LogP contribution in [0, 0.1) is 6.92 Å². The molecule has 96 valence electrons. The van der Waals surface area contributed by atoms with Gasteiger partial charge in [-0.05, 0) is 36.8 Å². The summed E-state index contributed by atoms with van der Waals surface area (Å²) in [5.74, 6) is 3.19. The van der Waals surface area contributed by atoms with Gasteiger partial charge in [0.1, 0.15) is 0 Å². The summed E-state index contributed by atoms with van der Waals surface area (Å²) >= 11 is 1.81. The van der Waals surface area contributed by atoms with Gasteiger partial charge in [0.2, 0.25) is 0 Å². The highest BCUT2D eigenvalue weighted by Crippen LogP contribution is 2.26. The molecule has 0 saturated heterocycles. The van der Waals surface area contributed by atoms with Gasteiger partial charge in [-0.1, -0.05) is 18.1 Å². The third-order valence-corrected chi connectivity index (χ3v) is 3.81. The van der Waals surface area contributed by atoms with Gasteiger partial charge in [0.05, 0.1) is 5.75 Å². The number of rotatable bonds is 5. The first-order valence-electron chi connectivity index (χ1n) is 5.98. The Labute approximate surface area is 111 Å². The molecular formula is C13H17N3OS. The highest BCUT2D eigenvalue weighted by molar-refractivity contribution is 7.98. The van der Waals surface area contributed by atoms with Gasteiger partial charge in [0, 0.05) is 11.3 Å². The van der Waals surface area contributed by atoms with Gasteiger partial charge in [-0.3, -0.25) is 0 Å². The Balaban J connectivity index is 2.16. The van der Waals surface area contributed by atoms with Crippen LogP contribution in [0.1, 0.15) is 24.7 Å². The Morgan fingerprint density at radius 3 is 3.00 bits per heavy atom. The molecule has 1 aromatic heterocycles. The van der Waals surface area contributed by atoms with Gasteiger partial charge in [-0.2, -0.15) is 16.7 Å². The minimum absolute atomic E-state index is 0.548. The molecule has 0 unspecified atom stereocenters. The number of hydrogen-bond donors (Lipinski definition) is 1. The van der Waals surface area contributed by atoms with Crippen molar-refractivity contribution in [3.63, 3.8) is 0 Å². The number of hydrogen-bond acceptors (Lipinski definition) is 5. The van der Waals surface area contributed by atoms with Crippen LogP contribution in [-0.2, 0) is 5.75 Å². The summed E-state index contributed by atoms with van der Waals surface area (Å²) in [5, 5.41) is 3.99. The van der Waals surface area contributed by atoms with Crippen LogP contribution in [0.25, 0.3) is 11.5 Å². The standard InChI is InChI=1S/C13H17N3OS/c1-3-7-18-8-12-15-13(17-16-12)10-5-4-6-11(14)9(10)2/h4-6H,3,7-8,14H2,1-2H3. The molecule has 2 N–H and O–H groups in total. The molecule has 1 aromatic carbocycles. The molecular weight excluding hydrogens is 246 g/mol. The van der Waals surface area contributed by atoms with Gasteiger partial charge in [-0.25, -0.2) is 0 Å². The van der Waals surface area contributed by atoms with Crippen molar-refractivity contribution in [3.05, 3.63) is 29.6 Å². The molecule has 0 bridgehead atoms. The minimum atomic E-state index is 0.548. The van der Waals surface area contributed by atoms with Crippen LogP contribution in [0.5, 0.6) is 0 Å². The van der Waals surface area contributed by atoms with Gasteiger partial charge in [-0.15, -0.1) is 0 Å². The van der Waals surface area contributed by atoms with Gasteiger partial charge >= 0.3 is 0 Å². The van der Waals surface area contributed by atoms with Crippen molar-refractivity contribution >= 4 is 17.4 Å². The lowest BCUT2D eigenvalue weighted by Crippen LogP contribution is -1.92. The van der Waals surface area contributed by atoms with Crippen molar-refractivity contribution in [1.29, 1.82) is 0 Å². The molecule has 4 nitrogen and oxygen atoms in total. The predicted octanol–water partition coefficient (Wildman–Crippen LogP) is 3.27. The topological polar surface area (TPSA) is 64.9 Å². The van der Waals surface area contributed by atoms with E-state index in [1.165, 1.54) is 0 Å². The summed E-state index contributed by atoms with van der Waals surface area (Å²) in [6.07, 6.45) is 1.16. The van der Waals surface area contributed by atoms with Crippen LogP contribution >= 0.6 is 11.8 Å². The van der Waals surface area contributed by atoms with Crippen LogP contribution in [0.2, 0.25) is 0 Å². The number of thioether (sulfide) groups is 1. The molecule has 0 radical (unpaired) electrons. The second kappa shape index (κ2) is 5.91. The molecule has 0 aliphatic heterocycles. The number of nitrogen functional groups attached to an aromatic ring is 1. The lowest BCUT2D eigenvalue weighted by Gasteiger charge is -2.02. The van der Waals surface area contributed by atoms with Crippen LogP contribution in [0.4, 0.5) is 5.69 Å². The fourth-order valence-electron chi connectivity index (χ4n) is 1.61. The summed E-state index contributed by atoms with van der Waals surface area (Å²) in [4.78, 5) is 4.40. The van der Waals surface area contributed by atoms with E-state index in [9.17, 15) is 0 Å². The molecule has 0 amide bonds. The van der Waals surface area contributed by atoms with E-state index in [1.54, 1.807) is 0 Å². The van der Waals surface area contributed by atoms with Crippen LogP contribution in [0.3, 0.4) is 0 Å². The maximum Gasteiger partial charge on any atom is 0.258 e. The first kappa shape index (κ1) is 13.0. The van der Waals surface area contributed by atoms with Crippen molar-refractivity contribution < 1.29 is 4.52 Å². The molecule has 2 rings (SSSR count). The first-order valence-corrected chi connectivity index (χ1v) is 7.13. The zero-order valence-corrected chi connectivity index (χ0v) is 11.5. The summed E-state index contributed by atoms with van der Waals surface area (Å²) in [6, 6.07) is 5.71. The van der Waals surface area contributed by atoms with E-state index in [2.05, 4.69) is 17.1 Å². The highest BCUT2D eigenvalue weighted by Gasteiger charge is 2.12. The molecule has 0 aliphatic rings. The highest BCUT2D eigenvalue weighted by atomic mass is 32.2. The van der Waals surface area contributed by atoms with Gasteiger partial charge < -0.3 is 10.3 Å². The smallest absolute Gasteiger partial charge is 0.258 e. The van der Waals surface area contributed by atoms with Crippen molar-refractivity contribution in [2.45, 2.75) is 26.0 Å². The molecule has 1 heterocycles. The van der Waals surface area contributed by atoms with E-state index in [1.807, 2.05) is 36.9 Å². The molecule has 0 atom stereocenters. The molecule has 0 fully saturated rings. The van der Waals surface area contributed by atoms with Gasteiger partial charge in [0.25, 0.3) is 5.89 Å². The predicted molar refractivity (Wildman–Crippen MR) is 75.3 cm³/mol.